The molecule has 3 N–H and O–H groups in total. The number of benzene rings is 1. The van der Waals surface area contributed by atoms with E-state index in [9.17, 15) is 9.90 Å². The van der Waals surface area contributed by atoms with Crippen LogP contribution in [0.3, 0.4) is 0 Å². The van der Waals surface area contributed by atoms with Gasteiger partial charge in [0.25, 0.3) is 0 Å². The molecule has 0 spiro atoms. The van der Waals surface area contributed by atoms with Gasteiger partial charge in [-0.2, -0.15) is 5.10 Å². The van der Waals surface area contributed by atoms with Crippen LogP contribution in [0.1, 0.15) is 32.0 Å². The number of aliphatic hydroxyl groups is 1. The van der Waals surface area contributed by atoms with Gasteiger partial charge in [0.05, 0.1) is 18.3 Å². The maximum atomic E-state index is 12.1. The van der Waals surface area contributed by atoms with Crippen LogP contribution in [0.4, 0.5) is 10.6 Å². The van der Waals surface area contributed by atoms with Gasteiger partial charge in [-0.05, 0) is 24.1 Å². The Bertz CT molecular complexity index is 651. The highest BCUT2D eigenvalue weighted by molar-refractivity contribution is 5.88. The van der Waals surface area contributed by atoms with Crippen molar-refractivity contribution in [2.24, 2.45) is 0 Å². The van der Waals surface area contributed by atoms with Gasteiger partial charge in [0.15, 0.2) is 5.82 Å². The van der Waals surface area contributed by atoms with Gasteiger partial charge in [-0.3, -0.25) is 5.32 Å². The zero-order valence-electron chi connectivity index (χ0n) is 14.3. The summed E-state index contributed by atoms with van der Waals surface area (Å²) in [5.41, 5.74) is 1.81. The van der Waals surface area contributed by atoms with Crippen LogP contribution >= 0.6 is 0 Å². The number of aromatic nitrogens is 2. The number of amides is 2. The van der Waals surface area contributed by atoms with E-state index >= 15 is 0 Å². The Balaban J connectivity index is 1.91. The fraction of sp³-hybridized carbons (Fsp3) is 0.389. The maximum Gasteiger partial charge on any atom is 0.320 e. The van der Waals surface area contributed by atoms with Crippen LogP contribution in [0.5, 0.6) is 0 Å². The van der Waals surface area contributed by atoms with E-state index in [2.05, 4.69) is 20.8 Å². The minimum Gasteiger partial charge on any atom is -0.394 e. The number of anilines is 1. The number of hydrogen-bond donors (Lipinski definition) is 3. The summed E-state index contributed by atoms with van der Waals surface area (Å²) >= 11 is 0. The minimum absolute atomic E-state index is 0.0918. The van der Waals surface area contributed by atoms with Crippen molar-refractivity contribution in [1.29, 1.82) is 0 Å². The number of aliphatic hydroxyl groups excluding tert-OH is 1. The van der Waals surface area contributed by atoms with Crippen LogP contribution in [0.15, 0.2) is 42.5 Å². The lowest BCUT2D eigenvalue weighted by Gasteiger charge is -2.18. The van der Waals surface area contributed by atoms with Crippen LogP contribution in [-0.4, -0.2) is 34.0 Å². The molecule has 6 heteroatoms. The Kier molecular flexibility index (Phi) is 5.87. The molecule has 0 fully saturated rings. The van der Waals surface area contributed by atoms with E-state index in [1.165, 1.54) is 0 Å². The number of nitrogens with zero attached hydrogens (tertiary/aromatic N) is 2. The Morgan fingerprint density at radius 1 is 1.12 bits per heavy atom. The summed E-state index contributed by atoms with van der Waals surface area (Å²) in [7, 11) is 0. The summed E-state index contributed by atoms with van der Waals surface area (Å²) in [6.45, 7) is 6.00. The van der Waals surface area contributed by atoms with E-state index in [1.807, 2.05) is 57.2 Å². The average molecular weight is 328 g/mol. The van der Waals surface area contributed by atoms with Crippen molar-refractivity contribution >= 4 is 11.8 Å². The second-order valence-electron chi connectivity index (χ2n) is 6.72. The molecule has 2 aromatic rings. The quantitative estimate of drug-likeness (QED) is 0.787. The Labute approximate surface area is 142 Å². The minimum atomic E-state index is -0.414. The number of nitrogens with one attached hydrogen (secondary N) is 2. The monoisotopic (exact) mass is 328 g/mol. The Hall–Kier alpha value is -2.47. The molecule has 2 amide bonds. The molecule has 128 valence electrons. The Morgan fingerprint density at radius 2 is 1.83 bits per heavy atom. The summed E-state index contributed by atoms with van der Waals surface area (Å²) < 4.78 is 0. The molecule has 0 saturated carbocycles. The zero-order chi connectivity index (χ0) is 17.6. The first-order valence-corrected chi connectivity index (χ1v) is 7.95. The van der Waals surface area contributed by atoms with Crippen LogP contribution in [-0.2, 0) is 11.8 Å². The standard InChI is InChI=1S/C18H24N4O2/c1-18(2,3)15-9-10-16(22-21-15)20-17(24)19-14(12-23)11-13-7-5-4-6-8-13/h4-10,14,23H,11-12H2,1-3H3,(H2,19,20,22,24)/t14-/m1/s1. The third-order valence-corrected chi connectivity index (χ3v) is 3.56. The van der Waals surface area contributed by atoms with Crippen molar-refractivity contribution in [1.82, 2.24) is 15.5 Å². The summed E-state index contributed by atoms with van der Waals surface area (Å²) in [4.78, 5) is 12.1. The molecule has 0 radical (unpaired) electrons. The number of urea groups is 1. The maximum absolute atomic E-state index is 12.1. The van der Waals surface area contributed by atoms with Gasteiger partial charge in [0.2, 0.25) is 0 Å². The zero-order valence-corrected chi connectivity index (χ0v) is 14.3. The van der Waals surface area contributed by atoms with E-state index in [1.54, 1.807) is 6.07 Å². The SMILES string of the molecule is CC(C)(C)c1ccc(NC(=O)N[C@@H](CO)Cc2ccccc2)nn1. The van der Waals surface area contributed by atoms with Gasteiger partial charge in [-0.1, -0.05) is 51.1 Å². The third-order valence-electron chi connectivity index (χ3n) is 3.56. The molecular weight excluding hydrogens is 304 g/mol. The van der Waals surface area contributed by atoms with Crippen LogP contribution in [0.2, 0.25) is 0 Å². The normalized spacial score (nSPS) is 12.5. The summed E-state index contributed by atoms with van der Waals surface area (Å²) in [5, 5.41) is 23.0. The molecule has 0 aliphatic heterocycles. The highest BCUT2D eigenvalue weighted by Gasteiger charge is 2.17. The fourth-order valence-corrected chi connectivity index (χ4v) is 2.20. The Morgan fingerprint density at radius 3 is 2.38 bits per heavy atom. The van der Waals surface area contributed by atoms with Crippen molar-refractivity contribution in [3.05, 3.63) is 53.7 Å². The number of hydrogen-bond acceptors (Lipinski definition) is 4. The van der Waals surface area contributed by atoms with E-state index in [0.717, 1.165) is 11.3 Å². The molecule has 0 saturated heterocycles. The smallest absolute Gasteiger partial charge is 0.320 e. The lowest BCUT2D eigenvalue weighted by atomic mass is 9.92. The molecule has 0 unspecified atom stereocenters. The van der Waals surface area contributed by atoms with Gasteiger partial charge in [-0.15, -0.1) is 5.10 Å². The highest BCUT2D eigenvalue weighted by Crippen LogP contribution is 2.19. The lowest BCUT2D eigenvalue weighted by Crippen LogP contribution is -2.41. The second kappa shape index (κ2) is 7.88. The van der Waals surface area contributed by atoms with Gasteiger partial charge in [0.1, 0.15) is 0 Å². The van der Waals surface area contributed by atoms with E-state index < -0.39 is 6.03 Å². The first-order chi connectivity index (χ1) is 11.4. The molecule has 24 heavy (non-hydrogen) atoms. The molecule has 0 bridgehead atoms. The second-order valence-corrected chi connectivity index (χ2v) is 6.72. The van der Waals surface area contributed by atoms with E-state index in [0.29, 0.717) is 12.2 Å². The lowest BCUT2D eigenvalue weighted by molar-refractivity contribution is 0.224. The molecule has 1 heterocycles. The molecule has 1 aromatic heterocycles. The summed E-state index contributed by atoms with van der Waals surface area (Å²) in [6, 6.07) is 12.5. The van der Waals surface area contributed by atoms with Gasteiger partial charge in [0, 0.05) is 5.41 Å². The van der Waals surface area contributed by atoms with Crippen molar-refractivity contribution in [3.8, 4) is 0 Å². The molecule has 1 atom stereocenters. The molecule has 6 nitrogen and oxygen atoms in total. The van der Waals surface area contributed by atoms with Crippen LogP contribution < -0.4 is 10.6 Å². The van der Waals surface area contributed by atoms with E-state index in [4.69, 9.17) is 0 Å². The highest BCUT2D eigenvalue weighted by atomic mass is 16.3. The van der Waals surface area contributed by atoms with Gasteiger partial charge >= 0.3 is 6.03 Å². The molecule has 0 aliphatic rings. The van der Waals surface area contributed by atoms with Crippen molar-refractivity contribution < 1.29 is 9.90 Å². The van der Waals surface area contributed by atoms with Crippen molar-refractivity contribution in [3.63, 3.8) is 0 Å². The topological polar surface area (TPSA) is 87.1 Å². The number of rotatable bonds is 5. The van der Waals surface area contributed by atoms with Gasteiger partial charge in [-0.25, -0.2) is 4.79 Å². The fourth-order valence-electron chi connectivity index (χ4n) is 2.20. The van der Waals surface area contributed by atoms with Crippen molar-refractivity contribution in [2.75, 3.05) is 11.9 Å². The summed E-state index contributed by atoms with van der Waals surface area (Å²) in [5.74, 6) is 0.372. The predicted molar refractivity (Wildman–Crippen MR) is 93.9 cm³/mol. The first-order valence-electron chi connectivity index (χ1n) is 7.95. The summed E-state index contributed by atoms with van der Waals surface area (Å²) in [6.07, 6.45) is 0.555. The molecule has 1 aromatic carbocycles. The number of carbonyl (C=O) groups is 1. The average Bonchev–Trinajstić information content (AvgIpc) is 2.54. The van der Waals surface area contributed by atoms with Crippen LogP contribution in [0, 0.1) is 0 Å². The largest absolute Gasteiger partial charge is 0.394 e. The third kappa shape index (κ3) is 5.31. The molecule has 0 aliphatic carbocycles. The molecular formula is C18H24N4O2. The molecule has 2 rings (SSSR count). The van der Waals surface area contributed by atoms with Crippen LogP contribution in [0.25, 0.3) is 0 Å². The first kappa shape index (κ1) is 17.9. The van der Waals surface area contributed by atoms with Gasteiger partial charge < -0.3 is 10.4 Å². The predicted octanol–water partition coefficient (Wildman–Crippen LogP) is 2.50. The number of carbonyl (C=O) groups excluding carboxylic acids is 1. The van der Waals surface area contributed by atoms with E-state index in [-0.39, 0.29) is 18.1 Å². The van der Waals surface area contributed by atoms with Crippen molar-refractivity contribution in [2.45, 2.75) is 38.6 Å².